The molecule has 152 valence electrons. The lowest BCUT2D eigenvalue weighted by molar-refractivity contribution is 0.101. The van der Waals surface area contributed by atoms with E-state index >= 15 is 0 Å². The number of pyridine rings is 2. The molecule has 4 rings (SSSR count). The van der Waals surface area contributed by atoms with Crippen LogP contribution in [0, 0.1) is 11.6 Å². The number of hydrogen-bond acceptors (Lipinski definition) is 5. The first-order chi connectivity index (χ1) is 14.4. The second kappa shape index (κ2) is 7.51. The van der Waals surface area contributed by atoms with Gasteiger partial charge in [0, 0.05) is 24.4 Å². The average Bonchev–Trinajstić information content (AvgIpc) is 3.02. The standard InChI is InChI=1S/C21H16F2N4O3/c1-3-12-13(10-25-19-18(12)30-21(29)27(19)2)16-8-7-11(9-24-16)26-20(28)17-14(22)5-4-6-15(17)23/h4-10H,3H2,1-2H3,(H,26,28). The Balaban J connectivity index is 1.66. The molecule has 1 aromatic carbocycles. The van der Waals surface area contributed by atoms with Gasteiger partial charge in [0.25, 0.3) is 5.91 Å². The van der Waals surface area contributed by atoms with E-state index in [1.165, 1.54) is 16.8 Å². The van der Waals surface area contributed by atoms with Gasteiger partial charge in [-0.2, -0.15) is 0 Å². The first-order valence-electron chi connectivity index (χ1n) is 9.10. The van der Waals surface area contributed by atoms with Gasteiger partial charge in [-0.1, -0.05) is 13.0 Å². The Morgan fingerprint density at radius 3 is 2.50 bits per heavy atom. The van der Waals surface area contributed by atoms with Crippen molar-refractivity contribution in [2.45, 2.75) is 13.3 Å². The molecule has 3 heterocycles. The summed E-state index contributed by atoms with van der Waals surface area (Å²) in [5.41, 5.74) is 2.44. The molecule has 0 saturated heterocycles. The summed E-state index contributed by atoms with van der Waals surface area (Å²) in [5, 5.41) is 2.43. The molecule has 1 amide bonds. The highest BCUT2D eigenvalue weighted by molar-refractivity contribution is 6.04. The van der Waals surface area contributed by atoms with Crippen molar-refractivity contribution >= 4 is 22.8 Å². The Morgan fingerprint density at radius 1 is 1.13 bits per heavy atom. The molecule has 0 spiro atoms. The molecule has 30 heavy (non-hydrogen) atoms. The lowest BCUT2D eigenvalue weighted by atomic mass is 10.0. The van der Waals surface area contributed by atoms with Gasteiger partial charge < -0.3 is 9.73 Å². The highest BCUT2D eigenvalue weighted by Crippen LogP contribution is 2.28. The number of hydrogen-bond donors (Lipinski definition) is 1. The van der Waals surface area contributed by atoms with Gasteiger partial charge in [-0.25, -0.2) is 18.6 Å². The van der Waals surface area contributed by atoms with Crippen LogP contribution in [0.25, 0.3) is 22.5 Å². The van der Waals surface area contributed by atoms with Gasteiger partial charge in [-0.3, -0.25) is 14.3 Å². The maximum Gasteiger partial charge on any atom is 0.420 e. The highest BCUT2D eigenvalue weighted by Gasteiger charge is 2.19. The zero-order chi connectivity index (χ0) is 21.4. The predicted octanol–water partition coefficient (Wildman–Crippen LogP) is 3.68. The van der Waals surface area contributed by atoms with Gasteiger partial charge in [0.1, 0.15) is 17.2 Å². The third-order valence-corrected chi connectivity index (χ3v) is 4.74. The van der Waals surface area contributed by atoms with E-state index in [1.54, 1.807) is 25.4 Å². The number of halogens is 2. The van der Waals surface area contributed by atoms with Crippen LogP contribution in [0.3, 0.4) is 0 Å². The molecular formula is C21H16F2N4O3. The molecule has 0 fully saturated rings. The molecule has 0 aliphatic heterocycles. The Kier molecular flexibility index (Phi) is 4.86. The molecule has 7 nitrogen and oxygen atoms in total. The monoisotopic (exact) mass is 410 g/mol. The van der Waals surface area contributed by atoms with Crippen molar-refractivity contribution < 1.29 is 18.0 Å². The van der Waals surface area contributed by atoms with Gasteiger partial charge in [-0.15, -0.1) is 0 Å². The van der Waals surface area contributed by atoms with Crippen LogP contribution in [0.5, 0.6) is 0 Å². The number of fused-ring (bicyclic) bond motifs is 1. The number of anilines is 1. The van der Waals surface area contributed by atoms with E-state index in [2.05, 4.69) is 15.3 Å². The molecule has 3 aromatic heterocycles. The number of benzene rings is 1. The van der Waals surface area contributed by atoms with Crippen LogP contribution < -0.4 is 11.1 Å². The molecule has 0 unspecified atom stereocenters. The van der Waals surface area contributed by atoms with Crippen molar-refractivity contribution in [3.8, 4) is 11.3 Å². The van der Waals surface area contributed by atoms with E-state index in [-0.39, 0.29) is 5.69 Å². The van der Waals surface area contributed by atoms with Gasteiger partial charge in [-0.05, 0) is 30.7 Å². The maximum absolute atomic E-state index is 13.8. The molecule has 0 aliphatic rings. The molecule has 0 saturated carbocycles. The molecule has 0 aliphatic carbocycles. The van der Waals surface area contributed by atoms with Crippen molar-refractivity contribution in [3.05, 3.63) is 76.0 Å². The third-order valence-electron chi connectivity index (χ3n) is 4.74. The van der Waals surface area contributed by atoms with Crippen molar-refractivity contribution in [2.24, 2.45) is 7.05 Å². The summed E-state index contributed by atoms with van der Waals surface area (Å²) in [6.45, 7) is 1.92. The third kappa shape index (κ3) is 3.24. The smallest absolute Gasteiger partial charge is 0.406 e. The Hall–Kier alpha value is -3.88. The van der Waals surface area contributed by atoms with Gasteiger partial charge >= 0.3 is 5.76 Å². The quantitative estimate of drug-likeness (QED) is 0.554. The van der Waals surface area contributed by atoms with Crippen LogP contribution in [0.2, 0.25) is 0 Å². The minimum absolute atomic E-state index is 0.268. The normalized spacial score (nSPS) is 11.1. The largest absolute Gasteiger partial charge is 0.420 e. The topological polar surface area (TPSA) is 90.0 Å². The summed E-state index contributed by atoms with van der Waals surface area (Å²) in [6.07, 6.45) is 3.55. The Labute approximate surface area is 169 Å². The van der Waals surface area contributed by atoms with Crippen molar-refractivity contribution in [2.75, 3.05) is 5.32 Å². The lowest BCUT2D eigenvalue weighted by Gasteiger charge is -2.10. The molecule has 0 radical (unpaired) electrons. The minimum Gasteiger partial charge on any atom is -0.406 e. The Bertz CT molecular complexity index is 1310. The maximum atomic E-state index is 13.8. The number of amides is 1. The van der Waals surface area contributed by atoms with Crippen LogP contribution in [0.4, 0.5) is 14.5 Å². The van der Waals surface area contributed by atoms with E-state index in [9.17, 15) is 18.4 Å². The fraction of sp³-hybridized carbons (Fsp3) is 0.143. The summed E-state index contributed by atoms with van der Waals surface area (Å²) in [7, 11) is 1.58. The number of aryl methyl sites for hydroxylation is 2. The van der Waals surface area contributed by atoms with Crippen LogP contribution >= 0.6 is 0 Å². The number of rotatable bonds is 4. The molecule has 1 N–H and O–H groups in total. The number of oxazole rings is 1. The second-order valence-electron chi connectivity index (χ2n) is 6.57. The zero-order valence-electron chi connectivity index (χ0n) is 16.1. The number of carbonyl (C=O) groups excluding carboxylic acids is 1. The van der Waals surface area contributed by atoms with E-state index < -0.39 is 28.9 Å². The number of nitrogens with one attached hydrogen (secondary N) is 1. The summed E-state index contributed by atoms with van der Waals surface area (Å²) in [4.78, 5) is 32.6. The number of nitrogens with zero attached hydrogens (tertiary/aromatic N) is 3. The molecular weight excluding hydrogens is 394 g/mol. The molecule has 0 atom stereocenters. The van der Waals surface area contributed by atoms with Crippen molar-refractivity contribution in [1.29, 1.82) is 0 Å². The van der Waals surface area contributed by atoms with Crippen molar-refractivity contribution in [3.63, 3.8) is 0 Å². The first kappa shape index (κ1) is 19.4. The summed E-state index contributed by atoms with van der Waals surface area (Å²) >= 11 is 0. The van der Waals surface area contributed by atoms with E-state index in [0.29, 0.717) is 28.9 Å². The van der Waals surface area contributed by atoms with Crippen LogP contribution in [-0.4, -0.2) is 20.4 Å². The van der Waals surface area contributed by atoms with Crippen LogP contribution in [0.1, 0.15) is 22.8 Å². The number of carbonyl (C=O) groups is 1. The fourth-order valence-electron chi connectivity index (χ4n) is 3.22. The lowest BCUT2D eigenvalue weighted by Crippen LogP contribution is -2.16. The SMILES string of the molecule is CCc1c(-c2ccc(NC(=O)c3c(F)cccc3F)cn2)cnc2c1oc(=O)n2C. The first-order valence-corrected chi connectivity index (χ1v) is 9.10. The fourth-order valence-corrected chi connectivity index (χ4v) is 3.22. The van der Waals surface area contributed by atoms with Crippen LogP contribution in [0.15, 0.2) is 51.9 Å². The summed E-state index contributed by atoms with van der Waals surface area (Å²) < 4.78 is 34.2. The van der Waals surface area contributed by atoms with E-state index in [0.717, 1.165) is 17.7 Å². The summed E-state index contributed by atoms with van der Waals surface area (Å²) in [6, 6.07) is 6.40. The van der Waals surface area contributed by atoms with E-state index in [1.807, 2.05) is 6.92 Å². The molecule has 0 bridgehead atoms. The number of aromatic nitrogens is 3. The minimum atomic E-state index is -0.951. The average molecular weight is 410 g/mol. The van der Waals surface area contributed by atoms with Crippen molar-refractivity contribution in [1.82, 2.24) is 14.5 Å². The van der Waals surface area contributed by atoms with E-state index in [4.69, 9.17) is 4.42 Å². The van der Waals surface area contributed by atoms with Crippen LogP contribution in [-0.2, 0) is 13.5 Å². The van der Waals surface area contributed by atoms with Gasteiger partial charge in [0.2, 0.25) is 0 Å². The Morgan fingerprint density at radius 2 is 1.87 bits per heavy atom. The summed E-state index contributed by atoms with van der Waals surface area (Å²) in [5.74, 6) is -3.32. The zero-order valence-corrected chi connectivity index (χ0v) is 16.1. The van der Waals surface area contributed by atoms with Gasteiger partial charge in [0.15, 0.2) is 11.2 Å². The second-order valence-corrected chi connectivity index (χ2v) is 6.57. The van der Waals surface area contributed by atoms with Gasteiger partial charge in [0.05, 0.1) is 17.6 Å². The molecule has 9 heteroatoms. The highest BCUT2D eigenvalue weighted by atomic mass is 19.1. The predicted molar refractivity (Wildman–Crippen MR) is 106 cm³/mol. The molecule has 4 aromatic rings.